The first-order valence-electron chi connectivity index (χ1n) is 12.3. The van der Waals surface area contributed by atoms with Gasteiger partial charge >= 0.3 is 0 Å². The van der Waals surface area contributed by atoms with Gasteiger partial charge in [0.1, 0.15) is 12.3 Å². The van der Waals surface area contributed by atoms with Gasteiger partial charge in [-0.3, -0.25) is 9.10 Å². The van der Waals surface area contributed by atoms with Gasteiger partial charge in [0, 0.05) is 0 Å². The fraction of sp³-hybridized carbons (Fsp3) is 0.345. The van der Waals surface area contributed by atoms with E-state index >= 15 is 0 Å². The molecule has 0 aliphatic heterocycles. The van der Waals surface area contributed by atoms with Crippen LogP contribution in [0.25, 0.3) is 0 Å². The summed E-state index contributed by atoms with van der Waals surface area (Å²) in [4.78, 5) is 13.4. The lowest BCUT2D eigenvalue weighted by Gasteiger charge is -2.27. The predicted molar refractivity (Wildman–Crippen MR) is 143 cm³/mol. The van der Waals surface area contributed by atoms with Crippen molar-refractivity contribution in [2.24, 2.45) is 0 Å². The molecule has 0 radical (unpaired) electrons. The Morgan fingerprint density at radius 3 is 2.31 bits per heavy atom. The van der Waals surface area contributed by atoms with Crippen LogP contribution in [0.15, 0.2) is 65.6 Å². The number of carbonyl (C=O) groups is 1. The average molecular weight is 507 g/mol. The molecule has 1 amide bonds. The summed E-state index contributed by atoms with van der Waals surface area (Å²) in [5.41, 5.74) is 5.88. The number of nitrogens with zero attached hydrogens (tertiary/aromatic N) is 1. The number of nitrogens with one attached hydrogen (secondary N) is 1. The lowest BCUT2D eigenvalue weighted by molar-refractivity contribution is -0.120. The van der Waals surface area contributed by atoms with Crippen LogP contribution in [0.3, 0.4) is 0 Å². The highest BCUT2D eigenvalue weighted by Gasteiger charge is 2.30. The Bertz CT molecular complexity index is 1350. The molecule has 1 N–H and O–H groups in total. The van der Waals surface area contributed by atoms with Crippen molar-refractivity contribution in [3.05, 3.63) is 88.5 Å². The maximum atomic E-state index is 13.8. The van der Waals surface area contributed by atoms with E-state index < -0.39 is 10.0 Å². The number of rotatable bonds is 8. The molecule has 7 heteroatoms. The number of aryl methyl sites for hydroxylation is 4. The molecule has 0 fully saturated rings. The zero-order chi connectivity index (χ0) is 25.9. The summed E-state index contributed by atoms with van der Waals surface area (Å²) in [5.74, 6) is -0.00807. The molecule has 6 nitrogen and oxygen atoms in total. The van der Waals surface area contributed by atoms with Crippen molar-refractivity contribution in [1.29, 1.82) is 0 Å². The molecular weight excluding hydrogens is 472 g/mol. The van der Waals surface area contributed by atoms with E-state index in [0.29, 0.717) is 11.4 Å². The molecule has 1 aliphatic rings. The van der Waals surface area contributed by atoms with Crippen LogP contribution in [0.4, 0.5) is 5.69 Å². The van der Waals surface area contributed by atoms with Gasteiger partial charge in [-0.2, -0.15) is 0 Å². The molecule has 36 heavy (non-hydrogen) atoms. The number of amides is 1. The molecular formula is C29H34N2O4S. The second-order valence-corrected chi connectivity index (χ2v) is 11.4. The first-order valence-corrected chi connectivity index (χ1v) is 13.8. The minimum absolute atomic E-state index is 0.118. The van der Waals surface area contributed by atoms with Gasteiger partial charge in [0.15, 0.2) is 0 Å². The normalized spacial score (nSPS) is 14.0. The number of hydrogen-bond donors (Lipinski definition) is 1. The van der Waals surface area contributed by atoms with Crippen molar-refractivity contribution in [1.82, 2.24) is 5.32 Å². The van der Waals surface area contributed by atoms with E-state index in [4.69, 9.17) is 4.74 Å². The summed E-state index contributed by atoms with van der Waals surface area (Å²) in [5, 5.41) is 3.00. The average Bonchev–Trinajstić information content (AvgIpc) is 2.87. The van der Waals surface area contributed by atoms with E-state index in [9.17, 15) is 13.2 Å². The van der Waals surface area contributed by atoms with Crippen LogP contribution in [0.2, 0.25) is 0 Å². The molecule has 0 saturated carbocycles. The molecule has 0 heterocycles. The number of methoxy groups -OCH3 is 1. The quantitative estimate of drug-likeness (QED) is 0.452. The second-order valence-electron chi connectivity index (χ2n) is 9.52. The lowest BCUT2D eigenvalue weighted by Crippen LogP contribution is -2.41. The third-order valence-electron chi connectivity index (χ3n) is 6.75. The second kappa shape index (κ2) is 10.7. The summed E-state index contributed by atoms with van der Waals surface area (Å²) >= 11 is 0. The van der Waals surface area contributed by atoms with Crippen LogP contribution in [0, 0.1) is 13.8 Å². The van der Waals surface area contributed by atoms with Crippen LogP contribution in [-0.2, 0) is 27.7 Å². The van der Waals surface area contributed by atoms with Gasteiger partial charge in [0.05, 0.1) is 23.7 Å². The number of fused-ring (bicyclic) bond motifs is 1. The molecule has 0 spiro atoms. The molecule has 4 rings (SSSR count). The SMILES string of the molecule is COc1ccc(C)cc1N(CC(=O)N[C@H](C)c1ccc2c(c1)CCCC2)S(=O)(=O)c1ccc(C)cc1. The van der Waals surface area contributed by atoms with E-state index in [-0.39, 0.29) is 23.4 Å². The van der Waals surface area contributed by atoms with Gasteiger partial charge < -0.3 is 10.1 Å². The van der Waals surface area contributed by atoms with Crippen molar-refractivity contribution in [2.75, 3.05) is 18.0 Å². The zero-order valence-corrected chi connectivity index (χ0v) is 22.2. The first kappa shape index (κ1) is 25.8. The minimum atomic E-state index is -4.04. The van der Waals surface area contributed by atoms with Gasteiger partial charge in [-0.1, -0.05) is 42.0 Å². The van der Waals surface area contributed by atoms with E-state index in [1.165, 1.54) is 31.1 Å². The number of benzene rings is 3. The van der Waals surface area contributed by atoms with Crippen molar-refractivity contribution in [3.8, 4) is 5.75 Å². The van der Waals surface area contributed by atoms with Crippen LogP contribution >= 0.6 is 0 Å². The van der Waals surface area contributed by atoms with Gasteiger partial charge in [0.25, 0.3) is 10.0 Å². The summed E-state index contributed by atoms with van der Waals surface area (Å²) in [7, 11) is -2.55. The third-order valence-corrected chi connectivity index (χ3v) is 8.52. The Kier molecular flexibility index (Phi) is 7.69. The highest BCUT2D eigenvalue weighted by Crippen LogP contribution is 2.33. The van der Waals surface area contributed by atoms with E-state index in [2.05, 4.69) is 23.5 Å². The Morgan fingerprint density at radius 2 is 1.61 bits per heavy atom. The first-order chi connectivity index (χ1) is 17.2. The number of carbonyl (C=O) groups excluding carboxylic acids is 1. The summed E-state index contributed by atoms with van der Waals surface area (Å²) in [6, 6.07) is 18.0. The topological polar surface area (TPSA) is 75.7 Å². The molecule has 0 saturated heterocycles. The Labute approximate surface area is 214 Å². The van der Waals surface area contributed by atoms with Gasteiger partial charge in [-0.15, -0.1) is 0 Å². The van der Waals surface area contributed by atoms with Crippen molar-refractivity contribution in [3.63, 3.8) is 0 Å². The Morgan fingerprint density at radius 1 is 0.944 bits per heavy atom. The maximum Gasteiger partial charge on any atom is 0.264 e. The third kappa shape index (κ3) is 5.57. The van der Waals surface area contributed by atoms with E-state index in [0.717, 1.165) is 33.8 Å². The van der Waals surface area contributed by atoms with Crippen molar-refractivity contribution < 1.29 is 17.9 Å². The van der Waals surface area contributed by atoms with Crippen molar-refractivity contribution in [2.45, 2.75) is 57.4 Å². The van der Waals surface area contributed by atoms with E-state index in [1.807, 2.05) is 26.8 Å². The monoisotopic (exact) mass is 506 g/mol. The van der Waals surface area contributed by atoms with Crippen LogP contribution in [0.1, 0.15) is 53.6 Å². The minimum Gasteiger partial charge on any atom is -0.495 e. The molecule has 0 unspecified atom stereocenters. The largest absolute Gasteiger partial charge is 0.495 e. The molecule has 190 valence electrons. The lowest BCUT2D eigenvalue weighted by atomic mass is 9.89. The highest BCUT2D eigenvalue weighted by molar-refractivity contribution is 7.92. The summed E-state index contributed by atoms with van der Waals surface area (Å²) < 4.78 is 34.1. The molecule has 0 aromatic heterocycles. The number of ether oxygens (including phenoxy) is 1. The highest BCUT2D eigenvalue weighted by atomic mass is 32.2. The van der Waals surface area contributed by atoms with Gasteiger partial charge in [0.2, 0.25) is 5.91 Å². The fourth-order valence-electron chi connectivity index (χ4n) is 4.66. The van der Waals surface area contributed by atoms with Crippen LogP contribution in [0.5, 0.6) is 5.75 Å². The molecule has 3 aromatic carbocycles. The molecule has 3 aromatic rings. The Balaban J connectivity index is 1.63. The van der Waals surface area contributed by atoms with Crippen LogP contribution in [-0.4, -0.2) is 28.0 Å². The van der Waals surface area contributed by atoms with Gasteiger partial charge in [-0.05, 0) is 93.0 Å². The Hall–Kier alpha value is -3.32. The number of hydrogen-bond acceptors (Lipinski definition) is 4. The predicted octanol–water partition coefficient (Wildman–Crippen LogP) is 5.26. The molecule has 0 bridgehead atoms. The molecule has 1 atom stereocenters. The zero-order valence-electron chi connectivity index (χ0n) is 21.4. The summed E-state index contributed by atoms with van der Waals surface area (Å²) in [6.45, 7) is 5.32. The number of sulfonamides is 1. The smallest absolute Gasteiger partial charge is 0.264 e. The van der Waals surface area contributed by atoms with Crippen molar-refractivity contribution >= 4 is 21.6 Å². The fourth-order valence-corrected chi connectivity index (χ4v) is 6.08. The van der Waals surface area contributed by atoms with Gasteiger partial charge in [-0.25, -0.2) is 8.42 Å². The summed E-state index contributed by atoms with van der Waals surface area (Å²) in [6.07, 6.45) is 4.55. The standard InChI is InChI=1S/C29H34N2O4S/c1-20-9-14-26(15-10-20)36(33,34)31(27-17-21(2)11-16-28(27)35-4)19-29(32)30-22(3)24-13-12-23-7-5-6-8-25(23)18-24/h9-18,22H,5-8,19H2,1-4H3,(H,30,32)/t22-/m1/s1. The molecule has 1 aliphatic carbocycles. The van der Waals surface area contributed by atoms with E-state index in [1.54, 1.807) is 36.4 Å². The maximum absolute atomic E-state index is 13.8. The number of anilines is 1. The van der Waals surface area contributed by atoms with Crippen LogP contribution < -0.4 is 14.4 Å².